The Morgan fingerprint density at radius 3 is 3.00 bits per heavy atom. The number of nitrogens with zero attached hydrogens (tertiary/aromatic N) is 1. The van der Waals surface area contributed by atoms with Crippen LogP contribution in [0.1, 0.15) is 18.2 Å². The summed E-state index contributed by atoms with van der Waals surface area (Å²) in [6.45, 7) is 4.00. The molecule has 5 nitrogen and oxygen atoms in total. The zero-order valence-corrected chi connectivity index (χ0v) is 8.41. The lowest BCUT2D eigenvalue weighted by Gasteiger charge is -2.09. The number of aryl methyl sites for hydroxylation is 1. The molecule has 1 unspecified atom stereocenters. The second kappa shape index (κ2) is 4.76. The Kier molecular flexibility index (Phi) is 3.64. The van der Waals surface area contributed by atoms with Crippen LogP contribution < -0.4 is 5.73 Å². The van der Waals surface area contributed by atoms with E-state index in [1.165, 1.54) is 0 Å². The van der Waals surface area contributed by atoms with Crippen molar-refractivity contribution in [2.75, 3.05) is 6.61 Å². The molecule has 0 amide bonds. The minimum absolute atomic E-state index is 0.358. The van der Waals surface area contributed by atoms with Crippen LogP contribution >= 0.6 is 0 Å². The summed E-state index contributed by atoms with van der Waals surface area (Å²) in [7, 11) is 0. The van der Waals surface area contributed by atoms with Crippen molar-refractivity contribution in [1.29, 1.82) is 0 Å². The van der Waals surface area contributed by atoms with E-state index in [1.807, 2.05) is 6.92 Å². The number of ether oxygens (including phenoxy) is 1. The minimum Gasteiger partial charge on any atom is -0.465 e. The van der Waals surface area contributed by atoms with Crippen LogP contribution in [0.4, 0.5) is 0 Å². The van der Waals surface area contributed by atoms with Crippen LogP contribution in [0.15, 0.2) is 6.20 Å². The third-order valence-electron chi connectivity index (χ3n) is 1.96. The maximum atomic E-state index is 11.2. The van der Waals surface area contributed by atoms with Gasteiger partial charge in [-0.05, 0) is 19.4 Å². The van der Waals surface area contributed by atoms with E-state index >= 15 is 0 Å². The van der Waals surface area contributed by atoms with Crippen molar-refractivity contribution in [3.8, 4) is 0 Å². The minimum atomic E-state index is -0.605. The Labute approximate surface area is 82.6 Å². The molecule has 0 aliphatic heterocycles. The lowest BCUT2D eigenvalue weighted by Crippen LogP contribution is -2.34. The van der Waals surface area contributed by atoms with Crippen LogP contribution in [0, 0.1) is 6.92 Å². The molecule has 1 rings (SSSR count). The smallest absolute Gasteiger partial charge is 0.323 e. The van der Waals surface area contributed by atoms with Crippen LogP contribution in [0.25, 0.3) is 0 Å². The molecule has 5 heteroatoms. The number of hydrogen-bond donors (Lipinski definition) is 2. The number of aromatic amines is 1. The van der Waals surface area contributed by atoms with E-state index in [0.29, 0.717) is 13.0 Å². The van der Waals surface area contributed by atoms with E-state index in [1.54, 1.807) is 13.1 Å². The van der Waals surface area contributed by atoms with Gasteiger partial charge in [0.05, 0.1) is 12.8 Å². The summed E-state index contributed by atoms with van der Waals surface area (Å²) >= 11 is 0. The summed E-state index contributed by atoms with van der Waals surface area (Å²) in [6.07, 6.45) is 2.13. The Balaban J connectivity index is 2.52. The van der Waals surface area contributed by atoms with E-state index < -0.39 is 6.04 Å². The molecule has 1 atom stereocenters. The normalized spacial score (nSPS) is 12.5. The molecule has 0 bridgehead atoms. The van der Waals surface area contributed by atoms with Gasteiger partial charge in [-0.3, -0.25) is 9.89 Å². The monoisotopic (exact) mass is 197 g/mol. The van der Waals surface area contributed by atoms with Crippen LogP contribution in [0.3, 0.4) is 0 Å². The number of esters is 1. The number of hydrogen-bond acceptors (Lipinski definition) is 4. The molecule has 0 spiro atoms. The van der Waals surface area contributed by atoms with Gasteiger partial charge < -0.3 is 10.5 Å². The molecule has 0 aliphatic carbocycles. The summed E-state index contributed by atoms with van der Waals surface area (Å²) in [5.41, 5.74) is 7.53. The van der Waals surface area contributed by atoms with Gasteiger partial charge in [-0.2, -0.15) is 5.10 Å². The van der Waals surface area contributed by atoms with Gasteiger partial charge in [0.1, 0.15) is 6.04 Å². The van der Waals surface area contributed by atoms with Gasteiger partial charge in [0.25, 0.3) is 0 Å². The summed E-state index contributed by atoms with van der Waals surface area (Å²) < 4.78 is 4.80. The second-order valence-electron chi connectivity index (χ2n) is 3.08. The van der Waals surface area contributed by atoms with Crippen LogP contribution in [-0.2, 0) is 16.0 Å². The fraction of sp³-hybridized carbons (Fsp3) is 0.556. The number of aromatic nitrogens is 2. The highest BCUT2D eigenvalue weighted by atomic mass is 16.5. The van der Waals surface area contributed by atoms with Gasteiger partial charge >= 0.3 is 5.97 Å². The Morgan fingerprint density at radius 2 is 2.50 bits per heavy atom. The summed E-state index contributed by atoms with van der Waals surface area (Å²) in [5, 5.41) is 6.63. The third kappa shape index (κ3) is 2.56. The molecule has 0 saturated carbocycles. The quantitative estimate of drug-likeness (QED) is 0.673. The van der Waals surface area contributed by atoms with Gasteiger partial charge in [-0.1, -0.05) is 0 Å². The lowest BCUT2D eigenvalue weighted by molar-refractivity contribution is -0.144. The first-order valence-corrected chi connectivity index (χ1v) is 4.56. The molecule has 1 aromatic heterocycles. The van der Waals surface area contributed by atoms with E-state index in [2.05, 4.69) is 10.2 Å². The number of rotatable bonds is 4. The average Bonchev–Trinajstić information content (AvgIpc) is 2.52. The zero-order chi connectivity index (χ0) is 10.6. The SMILES string of the molecule is CCOC(=O)C(N)Cc1cn[nH]c1C. The van der Waals surface area contributed by atoms with Gasteiger partial charge in [0.15, 0.2) is 0 Å². The molecule has 1 aromatic rings. The Morgan fingerprint density at radius 1 is 1.79 bits per heavy atom. The van der Waals surface area contributed by atoms with Crippen LogP contribution in [0.5, 0.6) is 0 Å². The number of carbonyl (C=O) groups is 1. The van der Waals surface area contributed by atoms with Crippen molar-refractivity contribution in [2.24, 2.45) is 5.73 Å². The number of H-pyrrole nitrogens is 1. The van der Waals surface area contributed by atoms with Gasteiger partial charge in [-0.25, -0.2) is 0 Å². The van der Waals surface area contributed by atoms with Gasteiger partial charge in [0, 0.05) is 12.1 Å². The summed E-state index contributed by atoms with van der Waals surface area (Å²) in [4.78, 5) is 11.2. The highest BCUT2D eigenvalue weighted by molar-refractivity contribution is 5.75. The second-order valence-corrected chi connectivity index (χ2v) is 3.08. The first-order valence-electron chi connectivity index (χ1n) is 4.56. The van der Waals surface area contributed by atoms with Crippen molar-refractivity contribution >= 4 is 5.97 Å². The van der Waals surface area contributed by atoms with Crippen molar-refractivity contribution in [3.63, 3.8) is 0 Å². The highest BCUT2D eigenvalue weighted by Crippen LogP contribution is 2.05. The zero-order valence-electron chi connectivity index (χ0n) is 8.41. The molecule has 0 radical (unpaired) electrons. The highest BCUT2D eigenvalue weighted by Gasteiger charge is 2.16. The number of carbonyl (C=O) groups excluding carboxylic acids is 1. The van der Waals surface area contributed by atoms with E-state index in [9.17, 15) is 4.79 Å². The standard InChI is InChI=1S/C9H15N3O2/c1-3-14-9(13)8(10)4-7-5-11-12-6(7)2/h5,8H,3-4,10H2,1-2H3,(H,11,12). The third-order valence-corrected chi connectivity index (χ3v) is 1.96. The maximum Gasteiger partial charge on any atom is 0.323 e. The fourth-order valence-electron chi connectivity index (χ4n) is 1.15. The Bertz CT molecular complexity index is 309. The first kappa shape index (κ1) is 10.7. The van der Waals surface area contributed by atoms with Crippen LogP contribution in [0.2, 0.25) is 0 Å². The molecule has 1 heterocycles. The molecular formula is C9H15N3O2. The lowest BCUT2D eigenvalue weighted by atomic mass is 10.1. The van der Waals surface area contributed by atoms with Crippen molar-refractivity contribution in [3.05, 3.63) is 17.5 Å². The Hall–Kier alpha value is -1.36. The van der Waals surface area contributed by atoms with Gasteiger partial charge in [0.2, 0.25) is 0 Å². The molecule has 0 fully saturated rings. The van der Waals surface area contributed by atoms with Crippen molar-refractivity contribution in [1.82, 2.24) is 10.2 Å². The molecule has 0 aromatic carbocycles. The maximum absolute atomic E-state index is 11.2. The molecule has 78 valence electrons. The van der Waals surface area contributed by atoms with Crippen molar-refractivity contribution in [2.45, 2.75) is 26.3 Å². The fourth-order valence-corrected chi connectivity index (χ4v) is 1.15. The summed E-state index contributed by atoms with van der Waals surface area (Å²) in [5.74, 6) is -0.367. The molecular weight excluding hydrogens is 182 g/mol. The average molecular weight is 197 g/mol. The van der Waals surface area contributed by atoms with Crippen molar-refractivity contribution < 1.29 is 9.53 Å². The molecule has 3 N–H and O–H groups in total. The molecule has 0 saturated heterocycles. The van der Waals surface area contributed by atoms with Crippen LogP contribution in [-0.4, -0.2) is 28.8 Å². The molecule has 14 heavy (non-hydrogen) atoms. The predicted octanol–water partition coefficient (Wildman–Crippen LogP) is 0.151. The largest absolute Gasteiger partial charge is 0.465 e. The first-order chi connectivity index (χ1) is 6.65. The molecule has 0 aliphatic rings. The van der Waals surface area contributed by atoms with E-state index in [-0.39, 0.29) is 5.97 Å². The topological polar surface area (TPSA) is 81.0 Å². The predicted molar refractivity (Wildman–Crippen MR) is 51.6 cm³/mol. The van der Waals surface area contributed by atoms with E-state index in [0.717, 1.165) is 11.3 Å². The number of nitrogens with one attached hydrogen (secondary N) is 1. The number of nitrogens with two attached hydrogens (primary N) is 1. The van der Waals surface area contributed by atoms with Gasteiger partial charge in [-0.15, -0.1) is 0 Å². The summed E-state index contributed by atoms with van der Waals surface area (Å²) in [6, 6.07) is -0.605. The van der Waals surface area contributed by atoms with E-state index in [4.69, 9.17) is 10.5 Å².